The second-order valence-electron chi connectivity index (χ2n) is 5.27. The molecule has 130 valence electrons. The Labute approximate surface area is 137 Å². The van der Waals surface area contributed by atoms with Gasteiger partial charge in [0.15, 0.2) is 0 Å². The molecular formula is C17H18F3NO3. The summed E-state index contributed by atoms with van der Waals surface area (Å²) < 4.78 is 50.5. The molecule has 1 heterocycles. The lowest BCUT2D eigenvalue weighted by Gasteiger charge is -2.15. The number of pyridine rings is 1. The summed E-state index contributed by atoms with van der Waals surface area (Å²) in [6.07, 6.45) is -3.23. The second kappa shape index (κ2) is 7.53. The van der Waals surface area contributed by atoms with Crippen LogP contribution in [0.3, 0.4) is 0 Å². The number of benzene rings is 1. The molecule has 0 amide bonds. The fraction of sp³-hybridized carbons (Fsp3) is 0.353. The Morgan fingerprint density at radius 2 is 1.79 bits per heavy atom. The molecule has 0 fully saturated rings. The largest absolute Gasteiger partial charge is 0.497 e. The highest BCUT2D eigenvalue weighted by Crippen LogP contribution is 2.31. The van der Waals surface area contributed by atoms with Crippen molar-refractivity contribution in [3.8, 4) is 5.75 Å². The normalized spacial score (nSPS) is 11.5. The molecule has 7 heteroatoms. The van der Waals surface area contributed by atoms with Crippen molar-refractivity contribution in [1.29, 1.82) is 0 Å². The average molecular weight is 341 g/mol. The number of rotatable bonds is 6. The fourth-order valence-corrected chi connectivity index (χ4v) is 2.35. The van der Waals surface area contributed by atoms with Crippen molar-refractivity contribution in [1.82, 2.24) is 4.57 Å². The molecule has 0 aliphatic carbocycles. The van der Waals surface area contributed by atoms with E-state index in [9.17, 15) is 18.0 Å². The van der Waals surface area contributed by atoms with Gasteiger partial charge >= 0.3 is 6.18 Å². The van der Waals surface area contributed by atoms with Crippen molar-refractivity contribution in [2.45, 2.75) is 19.1 Å². The Hall–Kier alpha value is -2.28. The smallest absolute Gasteiger partial charge is 0.416 e. The molecule has 2 rings (SSSR count). The summed E-state index contributed by atoms with van der Waals surface area (Å²) in [5.74, 6) is 0.666. The van der Waals surface area contributed by atoms with Gasteiger partial charge < -0.3 is 14.0 Å². The van der Waals surface area contributed by atoms with Crippen LogP contribution in [0.5, 0.6) is 5.75 Å². The summed E-state index contributed by atoms with van der Waals surface area (Å²) in [5, 5.41) is 0. The van der Waals surface area contributed by atoms with Gasteiger partial charge in [0.1, 0.15) is 5.75 Å². The third-order valence-corrected chi connectivity index (χ3v) is 3.60. The molecule has 0 spiro atoms. The van der Waals surface area contributed by atoms with Crippen molar-refractivity contribution in [2.75, 3.05) is 20.8 Å². The number of aromatic nitrogens is 1. The molecule has 1 aromatic carbocycles. The number of halogens is 3. The molecule has 0 atom stereocenters. The number of hydrogen-bond acceptors (Lipinski definition) is 3. The molecule has 0 bridgehead atoms. The van der Waals surface area contributed by atoms with Crippen LogP contribution < -0.4 is 10.3 Å². The van der Waals surface area contributed by atoms with Crippen LogP contribution in [0.2, 0.25) is 0 Å². The summed E-state index contributed by atoms with van der Waals surface area (Å²) in [7, 11) is 2.96. The van der Waals surface area contributed by atoms with E-state index in [2.05, 4.69) is 0 Å². The van der Waals surface area contributed by atoms with E-state index in [-0.39, 0.29) is 25.1 Å². The van der Waals surface area contributed by atoms with E-state index in [1.807, 2.05) is 0 Å². The predicted molar refractivity (Wildman–Crippen MR) is 83.4 cm³/mol. The first-order chi connectivity index (χ1) is 11.3. The van der Waals surface area contributed by atoms with E-state index >= 15 is 0 Å². The van der Waals surface area contributed by atoms with E-state index in [1.54, 1.807) is 24.3 Å². The zero-order chi connectivity index (χ0) is 17.7. The van der Waals surface area contributed by atoms with Gasteiger partial charge in [0, 0.05) is 19.4 Å². The molecule has 0 aliphatic heterocycles. The Kier molecular flexibility index (Phi) is 5.66. The zero-order valence-electron chi connectivity index (χ0n) is 13.4. The zero-order valence-corrected chi connectivity index (χ0v) is 13.4. The topological polar surface area (TPSA) is 40.5 Å². The number of hydrogen-bond donors (Lipinski definition) is 0. The quantitative estimate of drug-likeness (QED) is 0.811. The number of nitrogens with zero attached hydrogens (tertiary/aromatic N) is 1. The van der Waals surface area contributed by atoms with E-state index < -0.39 is 17.3 Å². The van der Waals surface area contributed by atoms with Crippen LogP contribution in [-0.2, 0) is 23.9 Å². The minimum Gasteiger partial charge on any atom is -0.497 e. The second-order valence-corrected chi connectivity index (χ2v) is 5.27. The third kappa shape index (κ3) is 4.38. The van der Waals surface area contributed by atoms with Gasteiger partial charge in [0.2, 0.25) is 0 Å². The summed E-state index contributed by atoms with van der Waals surface area (Å²) in [4.78, 5) is 12.0. The fourth-order valence-electron chi connectivity index (χ4n) is 2.35. The van der Waals surface area contributed by atoms with Crippen molar-refractivity contribution >= 4 is 0 Å². The van der Waals surface area contributed by atoms with Crippen LogP contribution in [0.15, 0.2) is 41.3 Å². The summed E-state index contributed by atoms with van der Waals surface area (Å²) >= 11 is 0. The number of ether oxygens (including phenoxy) is 2. The highest BCUT2D eigenvalue weighted by atomic mass is 19.4. The van der Waals surface area contributed by atoms with Crippen LogP contribution in [-0.4, -0.2) is 25.4 Å². The van der Waals surface area contributed by atoms with Gasteiger partial charge in [-0.2, -0.15) is 13.2 Å². The molecule has 0 saturated carbocycles. The highest BCUT2D eigenvalue weighted by Gasteiger charge is 2.34. The van der Waals surface area contributed by atoms with Gasteiger partial charge in [-0.15, -0.1) is 0 Å². The van der Waals surface area contributed by atoms with Crippen molar-refractivity contribution in [2.24, 2.45) is 0 Å². The summed E-state index contributed by atoms with van der Waals surface area (Å²) in [6, 6.07) is 7.64. The average Bonchev–Trinajstić information content (AvgIpc) is 2.54. The molecule has 0 radical (unpaired) electrons. The Morgan fingerprint density at radius 1 is 1.12 bits per heavy atom. The first-order valence-electron chi connectivity index (χ1n) is 7.27. The van der Waals surface area contributed by atoms with E-state index in [4.69, 9.17) is 9.47 Å². The van der Waals surface area contributed by atoms with E-state index in [1.165, 1.54) is 25.0 Å². The van der Waals surface area contributed by atoms with Gasteiger partial charge in [-0.1, -0.05) is 12.1 Å². The van der Waals surface area contributed by atoms with Crippen LogP contribution in [0.4, 0.5) is 13.2 Å². The molecule has 0 saturated heterocycles. The monoisotopic (exact) mass is 341 g/mol. The Balaban J connectivity index is 2.37. The minimum atomic E-state index is -4.57. The van der Waals surface area contributed by atoms with Crippen LogP contribution in [0, 0.1) is 0 Å². The van der Waals surface area contributed by atoms with Gasteiger partial charge in [0.25, 0.3) is 5.56 Å². The highest BCUT2D eigenvalue weighted by molar-refractivity contribution is 5.30. The molecule has 24 heavy (non-hydrogen) atoms. The molecule has 2 aromatic rings. The van der Waals surface area contributed by atoms with Crippen LogP contribution in [0.25, 0.3) is 0 Å². The maximum atomic E-state index is 13.1. The van der Waals surface area contributed by atoms with Gasteiger partial charge in [-0.25, -0.2) is 0 Å². The molecule has 0 aliphatic rings. The minimum absolute atomic E-state index is 0.0393. The SMILES string of the molecule is COCCc1cn(Cc2ccc(OC)cc2)c(=O)cc1C(F)(F)F. The molecule has 0 unspecified atom stereocenters. The summed E-state index contributed by atoms with van der Waals surface area (Å²) in [5.41, 5.74) is -0.775. The summed E-state index contributed by atoms with van der Waals surface area (Å²) in [6.45, 7) is 0.324. The van der Waals surface area contributed by atoms with Crippen molar-refractivity contribution in [3.63, 3.8) is 0 Å². The predicted octanol–water partition coefficient (Wildman–Crippen LogP) is 3.11. The first kappa shape index (κ1) is 18.1. The van der Waals surface area contributed by atoms with E-state index in [0.29, 0.717) is 11.8 Å². The van der Waals surface area contributed by atoms with Crippen LogP contribution >= 0.6 is 0 Å². The van der Waals surface area contributed by atoms with Gasteiger partial charge in [0.05, 0.1) is 25.8 Å². The lowest BCUT2D eigenvalue weighted by atomic mass is 10.1. The molecule has 0 N–H and O–H groups in total. The van der Waals surface area contributed by atoms with Crippen molar-refractivity contribution < 1.29 is 22.6 Å². The lowest BCUT2D eigenvalue weighted by Crippen LogP contribution is -2.25. The number of alkyl halides is 3. The maximum Gasteiger partial charge on any atom is 0.416 e. The molecule has 4 nitrogen and oxygen atoms in total. The Morgan fingerprint density at radius 3 is 2.33 bits per heavy atom. The Bertz CT molecular complexity index is 736. The van der Waals surface area contributed by atoms with Crippen LogP contribution in [0.1, 0.15) is 16.7 Å². The number of methoxy groups -OCH3 is 2. The molecule has 1 aromatic heterocycles. The third-order valence-electron chi connectivity index (χ3n) is 3.60. The van der Waals surface area contributed by atoms with Gasteiger partial charge in [-0.05, 0) is 29.7 Å². The van der Waals surface area contributed by atoms with E-state index in [0.717, 1.165) is 5.56 Å². The van der Waals surface area contributed by atoms with Crippen molar-refractivity contribution in [3.05, 3.63) is 63.6 Å². The van der Waals surface area contributed by atoms with Gasteiger partial charge in [-0.3, -0.25) is 4.79 Å². The lowest BCUT2D eigenvalue weighted by molar-refractivity contribution is -0.138. The standard InChI is InChI=1S/C17H18F3NO3/c1-23-8-7-13-11-21(16(22)9-15(13)17(18,19)20)10-12-3-5-14(24-2)6-4-12/h3-6,9,11H,7-8,10H2,1-2H3. The maximum absolute atomic E-state index is 13.1. The first-order valence-corrected chi connectivity index (χ1v) is 7.27. The molecular weight excluding hydrogens is 323 g/mol.